The fourth-order valence-electron chi connectivity index (χ4n) is 0.864. The predicted octanol–water partition coefficient (Wildman–Crippen LogP) is 0.249. The number of imide groups is 1. The Morgan fingerprint density at radius 2 is 2.31 bits per heavy atom. The van der Waals surface area contributed by atoms with E-state index in [0.717, 1.165) is 0 Å². The Balaban J connectivity index is 2.78. The van der Waals surface area contributed by atoms with Crippen molar-refractivity contribution in [1.82, 2.24) is 10.6 Å². The number of nitrogens with one attached hydrogen (secondary N) is 2. The van der Waals surface area contributed by atoms with E-state index in [1.165, 1.54) is 0 Å². The quantitative estimate of drug-likeness (QED) is 0.695. The molecule has 1 saturated heterocycles. The van der Waals surface area contributed by atoms with Crippen LogP contribution in [-0.2, 0) is 9.53 Å². The minimum atomic E-state index is -2.41. The van der Waals surface area contributed by atoms with E-state index < -0.39 is 22.7 Å². The molecule has 0 aromatic carbocycles. The van der Waals surface area contributed by atoms with Crippen molar-refractivity contribution >= 4 is 27.9 Å². The molecule has 1 aliphatic heterocycles. The van der Waals surface area contributed by atoms with Gasteiger partial charge in [-0.25, -0.2) is 9.18 Å². The predicted molar refractivity (Wildman–Crippen MR) is 44.9 cm³/mol. The van der Waals surface area contributed by atoms with E-state index >= 15 is 0 Å². The van der Waals surface area contributed by atoms with Gasteiger partial charge in [-0.15, -0.1) is 0 Å². The van der Waals surface area contributed by atoms with Gasteiger partial charge in [-0.3, -0.25) is 10.1 Å². The van der Waals surface area contributed by atoms with E-state index in [9.17, 15) is 14.0 Å². The summed E-state index contributed by atoms with van der Waals surface area (Å²) in [6.07, 6.45) is -1.29. The summed E-state index contributed by atoms with van der Waals surface area (Å²) in [5.41, 5.74) is 0. The number of halogens is 2. The minimum absolute atomic E-state index is 0.190. The second-order valence-corrected chi connectivity index (χ2v) is 3.54. The normalized spacial score (nSPS) is 33.9. The molecule has 0 spiro atoms. The van der Waals surface area contributed by atoms with Gasteiger partial charge in [0.25, 0.3) is 10.5 Å². The Labute approximate surface area is 82.1 Å². The molecule has 2 unspecified atom stereocenters. The lowest BCUT2D eigenvalue weighted by atomic mass is 10.2. The molecule has 0 aliphatic carbocycles. The highest BCUT2D eigenvalue weighted by molar-refractivity contribution is 9.10. The molecular formula is C6H8BrFN2O3. The van der Waals surface area contributed by atoms with Gasteiger partial charge in [0.1, 0.15) is 0 Å². The Hall–Kier alpha value is -0.690. The van der Waals surface area contributed by atoms with Crippen LogP contribution < -0.4 is 10.6 Å². The average molecular weight is 255 g/mol. The minimum Gasteiger partial charge on any atom is -0.354 e. The van der Waals surface area contributed by atoms with Gasteiger partial charge in [0.05, 0.1) is 0 Å². The molecule has 1 aliphatic rings. The van der Waals surface area contributed by atoms with E-state index in [4.69, 9.17) is 4.74 Å². The van der Waals surface area contributed by atoms with Crippen LogP contribution in [0, 0.1) is 0 Å². The van der Waals surface area contributed by atoms with E-state index in [-0.39, 0.29) is 6.61 Å². The molecule has 13 heavy (non-hydrogen) atoms. The van der Waals surface area contributed by atoms with Crippen LogP contribution in [0.25, 0.3) is 0 Å². The summed E-state index contributed by atoms with van der Waals surface area (Å²) in [5, 5.41) is 3.89. The largest absolute Gasteiger partial charge is 0.354 e. The number of urea groups is 1. The second-order valence-electron chi connectivity index (χ2n) is 2.39. The number of rotatable bonds is 2. The molecule has 2 atom stereocenters. The van der Waals surface area contributed by atoms with Gasteiger partial charge in [-0.2, -0.15) is 0 Å². The Morgan fingerprint density at radius 1 is 1.69 bits per heavy atom. The zero-order valence-electron chi connectivity index (χ0n) is 6.77. The average Bonchev–Trinajstić information content (AvgIpc) is 2.01. The lowest BCUT2D eigenvalue weighted by molar-refractivity contribution is -0.136. The number of hydrogen-bond acceptors (Lipinski definition) is 3. The van der Waals surface area contributed by atoms with Gasteiger partial charge in [0, 0.05) is 6.61 Å². The monoisotopic (exact) mass is 254 g/mol. The molecule has 0 aromatic rings. The number of alkyl halides is 2. The molecule has 1 fully saturated rings. The molecule has 1 heterocycles. The number of amides is 3. The highest BCUT2D eigenvalue weighted by atomic mass is 79.9. The molecule has 7 heteroatoms. The summed E-state index contributed by atoms with van der Waals surface area (Å²) in [5.74, 6) is -1.06. The third-order valence-electron chi connectivity index (χ3n) is 1.45. The Kier molecular flexibility index (Phi) is 2.87. The summed E-state index contributed by atoms with van der Waals surface area (Å²) in [6, 6.07) is -0.767. The first-order valence-corrected chi connectivity index (χ1v) is 4.39. The van der Waals surface area contributed by atoms with Crippen molar-refractivity contribution in [2.24, 2.45) is 0 Å². The van der Waals surface area contributed by atoms with Crippen LogP contribution in [0.2, 0.25) is 0 Å². The van der Waals surface area contributed by atoms with Crippen molar-refractivity contribution in [3.63, 3.8) is 0 Å². The first kappa shape index (κ1) is 10.4. The van der Waals surface area contributed by atoms with Crippen molar-refractivity contribution in [2.75, 3.05) is 6.61 Å². The van der Waals surface area contributed by atoms with Crippen LogP contribution in [0.3, 0.4) is 0 Å². The van der Waals surface area contributed by atoms with Gasteiger partial charge < -0.3 is 10.1 Å². The van der Waals surface area contributed by atoms with Crippen molar-refractivity contribution in [3.8, 4) is 0 Å². The van der Waals surface area contributed by atoms with E-state index in [0.29, 0.717) is 0 Å². The molecule has 0 saturated carbocycles. The standard InChI is InChI=1S/C6H8BrFN2O3/c1-2-13-4-6(7,8)3(11)9-5(12)10-4/h4H,2H2,1H3,(H2,9,10,11,12). The Bertz CT molecular complexity index is 246. The summed E-state index contributed by atoms with van der Waals surface area (Å²) in [4.78, 5) is 21.7. The summed E-state index contributed by atoms with van der Waals surface area (Å²) < 4.78 is 15.9. The number of carbonyl (C=O) groups excluding carboxylic acids is 2. The maximum absolute atomic E-state index is 13.5. The van der Waals surface area contributed by atoms with Gasteiger partial charge in [0.2, 0.25) is 0 Å². The van der Waals surface area contributed by atoms with Gasteiger partial charge in [0.15, 0.2) is 6.23 Å². The van der Waals surface area contributed by atoms with Crippen molar-refractivity contribution in [3.05, 3.63) is 0 Å². The van der Waals surface area contributed by atoms with Gasteiger partial charge in [-0.05, 0) is 22.9 Å². The zero-order chi connectivity index (χ0) is 10.1. The number of carbonyl (C=O) groups is 2. The summed E-state index contributed by atoms with van der Waals surface area (Å²) in [7, 11) is 0. The molecule has 74 valence electrons. The van der Waals surface area contributed by atoms with Crippen LogP contribution in [0.15, 0.2) is 0 Å². The van der Waals surface area contributed by atoms with E-state index in [1.807, 2.05) is 0 Å². The van der Waals surface area contributed by atoms with Crippen molar-refractivity contribution < 1.29 is 18.7 Å². The maximum atomic E-state index is 13.5. The van der Waals surface area contributed by atoms with Crippen molar-refractivity contribution in [2.45, 2.75) is 17.7 Å². The molecule has 1 rings (SSSR count). The third-order valence-corrected chi connectivity index (χ3v) is 2.23. The smallest absolute Gasteiger partial charge is 0.323 e. The van der Waals surface area contributed by atoms with E-state index in [1.54, 1.807) is 12.2 Å². The summed E-state index contributed by atoms with van der Waals surface area (Å²) in [6.45, 7) is 1.82. The second kappa shape index (κ2) is 3.59. The van der Waals surface area contributed by atoms with Crippen LogP contribution in [0.4, 0.5) is 9.18 Å². The Morgan fingerprint density at radius 3 is 2.85 bits per heavy atom. The molecule has 2 N–H and O–H groups in total. The van der Waals surface area contributed by atoms with E-state index in [2.05, 4.69) is 21.2 Å². The third kappa shape index (κ3) is 1.97. The maximum Gasteiger partial charge on any atom is 0.323 e. The molecule has 5 nitrogen and oxygen atoms in total. The highest BCUT2D eigenvalue weighted by Crippen LogP contribution is 2.27. The lowest BCUT2D eigenvalue weighted by Gasteiger charge is -2.31. The number of ether oxygens (including phenoxy) is 1. The SMILES string of the molecule is CCOC1NC(=O)NC(=O)C1(F)Br. The topological polar surface area (TPSA) is 67.4 Å². The highest BCUT2D eigenvalue weighted by Gasteiger charge is 2.50. The summed E-state index contributed by atoms with van der Waals surface area (Å²) >= 11 is 2.53. The van der Waals surface area contributed by atoms with Crippen molar-refractivity contribution in [1.29, 1.82) is 0 Å². The zero-order valence-corrected chi connectivity index (χ0v) is 8.35. The fraction of sp³-hybridized carbons (Fsp3) is 0.667. The van der Waals surface area contributed by atoms with Crippen LogP contribution in [0.1, 0.15) is 6.92 Å². The first-order valence-electron chi connectivity index (χ1n) is 3.60. The molecule has 0 bridgehead atoms. The van der Waals surface area contributed by atoms with Gasteiger partial charge >= 0.3 is 6.03 Å². The molecule has 0 radical (unpaired) electrons. The lowest BCUT2D eigenvalue weighted by Crippen LogP contribution is -2.65. The van der Waals surface area contributed by atoms with Gasteiger partial charge in [-0.1, -0.05) is 0 Å². The van der Waals surface area contributed by atoms with Crippen LogP contribution in [0.5, 0.6) is 0 Å². The van der Waals surface area contributed by atoms with Crippen LogP contribution >= 0.6 is 15.9 Å². The first-order chi connectivity index (χ1) is 5.98. The molecule has 3 amide bonds. The van der Waals surface area contributed by atoms with Crippen LogP contribution in [-0.4, -0.2) is 29.4 Å². The number of hydrogen-bond donors (Lipinski definition) is 2. The fourth-order valence-corrected chi connectivity index (χ4v) is 1.21. The molecular weight excluding hydrogens is 247 g/mol. The molecule has 0 aromatic heterocycles.